The SMILES string of the molecule is COc1ccccc1CNC(=O)[C@H]1CCCN(c2ncnc3nn(-c4ccc(F)cc4)cc23)C1. The maximum atomic E-state index is 13.3. The van der Waals surface area contributed by atoms with Crippen LogP contribution in [0.1, 0.15) is 18.4 Å². The summed E-state index contributed by atoms with van der Waals surface area (Å²) in [5.41, 5.74) is 2.23. The van der Waals surface area contributed by atoms with Gasteiger partial charge in [-0.2, -0.15) is 0 Å². The summed E-state index contributed by atoms with van der Waals surface area (Å²) in [6.45, 7) is 1.78. The minimum atomic E-state index is -0.302. The number of carbonyl (C=O) groups excluding carboxylic acids is 1. The molecule has 1 aliphatic heterocycles. The van der Waals surface area contributed by atoms with Gasteiger partial charge in [0.15, 0.2) is 5.65 Å². The van der Waals surface area contributed by atoms with Gasteiger partial charge in [-0.25, -0.2) is 19.0 Å². The minimum absolute atomic E-state index is 0.0166. The van der Waals surface area contributed by atoms with E-state index >= 15 is 0 Å². The molecule has 0 bridgehead atoms. The third-order valence-corrected chi connectivity index (χ3v) is 6.12. The van der Waals surface area contributed by atoms with Gasteiger partial charge in [0.2, 0.25) is 5.91 Å². The second kappa shape index (κ2) is 9.46. The third-order valence-electron chi connectivity index (χ3n) is 6.12. The van der Waals surface area contributed by atoms with Crippen LogP contribution < -0.4 is 15.0 Å². The summed E-state index contributed by atoms with van der Waals surface area (Å²) in [6, 6.07) is 13.8. The summed E-state index contributed by atoms with van der Waals surface area (Å²) in [4.78, 5) is 23.9. The van der Waals surface area contributed by atoms with E-state index in [-0.39, 0.29) is 17.6 Å². The molecule has 5 rings (SSSR count). The molecule has 8 nitrogen and oxygen atoms in total. The number of para-hydroxylation sites is 1. The molecule has 34 heavy (non-hydrogen) atoms. The van der Waals surface area contributed by atoms with Gasteiger partial charge in [0.25, 0.3) is 0 Å². The van der Waals surface area contributed by atoms with Crippen LogP contribution in [0.2, 0.25) is 0 Å². The number of nitrogens with zero attached hydrogens (tertiary/aromatic N) is 5. The molecular formula is C25H25FN6O2. The van der Waals surface area contributed by atoms with Crippen molar-refractivity contribution in [2.45, 2.75) is 19.4 Å². The number of nitrogens with one attached hydrogen (secondary N) is 1. The Morgan fingerprint density at radius 3 is 2.82 bits per heavy atom. The first-order valence-electron chi connectivity index (χ1n) is 11.2. The molecule has 0 radical (unpaired) electrons. The van der Waals surface area contributed by atoms with E-state index in [1.54, 1.807) is 23.9 Å². The number of piperidine rings is 1. The van der Waals surface area contributed by atoms with Crippen molar-refractivity contribution in [2.75, 3.05) is 25.1 Å². The van der Waals surface area contributed by atoms with Crippen LogP contribution >= 0.6 is 0 Å². The Morgan fingerprint density at radius 2 is 2.00 bits per heavy atom. The van der Waals surface area contributed by atoms with Crippen molar-refractivity contribution in [2.24, 2.45) is 5.92 Å². The lowest BCUT2D eigenvalue weighted by atomic mass is 9.97. The number of rotatable bonds is 6. The number of hydrogen-bond acceptors (Lipinski definition) is 6. The minimum Gasteiger partial charge on any atom is -0.496 e. The molecule has 1 aliphatic rings. The van der Waals surface area contributed by atoms with Gasteiger partial charge >= 0.3 is 0 Å². The lowest BCUT2D eigenvalue weighted by molar-refractivity contribution is -0.125. The summed E-state index contributed by atoms with van der Waals surface area (Å²) >= 11 is 0. The number of carbonyl (C=O) groups is 1. The van der Waals surface area contributed by atoms with Gasteiger partial charge in [-0.1, -0.05) is 18.2 Å². The van der Waals surface area contributed by atoms with Crippen LogP contribution in [0.3, 0.4) is 0 Å². The molecule has 9 heteroatoms. The summed E-state index contributed by atoms with van der Waals surface area (Å²) in [5.74, 6) is 1.07. The molecule has 3 heterocycles. The molecular weight excluding hydrogens is 435 g/mol. The zero-order valence-corrected chi connectivity index (χ0v) is 18.8. The normalized spacial score (nSPS) is 15.9. The lowest BCUT2D eigenvalue weighted by Gasteiger charge is -2.33. The van der Waals surface area contributed by atoms with Gasteiger partial charge in [-0.3, -0.25) is 4.79 Å². The molecule has 2 aromatic heterocycles. The van der Waals surface area contributed by atoms with Gasteiger partial charge in [-0.15, -0.1) is 5.10 Å². The van der Waals surface area contributed by atoms with Crippen molar-refractivity contribution < 1.29 is 13.9 Å². The first kappa shape index (κ1) is 21.8. The van der Waals surface area contributed by atoms with Crippen LogP contribution in [-0.2, 0) is 11.3 Å². The molecule has 0 aliphatic carbocycles. The van der Waals surface area contributed by atoms with Crippen LogP contribution in [0.5, 0.6) is 5.75 Å². The van der Waals surface area contributed by atoms with Crippen molar-refractivity contribution in [3.63, 3.8) is 0 Å². The van der Waals surface area contributed by atoms with E-state index in [4.69, 9.17) is 4.74 Å². The first-order valence-corrected chi connectivity index (χ1v) is 11.2. The van der Waals surface area contributed by atoms with Crippen molar-refractivity contribution in [3.05, 3.63) is 72.4 Å². The van der Waals surface area contributed by atoms with Crippen LogP contribution in [0, 0.1) is 11.7 Å². The molecule has 1 saturated heterocycles. The Hall–Kier alpha value is -4.01. The number of amides is 1. The average molecular weight is 461 g/mol. The summed E-state index contributed by atoms with van der Waals surface area (Å²) in [7, 11) is 1.63. The molecule has 1 atom stereocenters. The maximum Gasteiger partial charge on any atom is 0.225 e. The number of hydrogen-bond donors (Lipinski definition) is 1. The van der Waals surface area contributed by atoms with Crippen LogP contribution in [0.4, 0.5) is 10.2 Å². The fourth-order valence-corrected chi connectivity index (χ4v) is 4.36. The number of benzene rings is 2. The number of fused-ring (bicyclic) bond motifs is 1. The Bertz CT molecular complexity index is 1310. The van der Waals surface area contributed by atoms with Crippen LogP contribution in [-0.4, -0.2) is 45.9 Å². The highest BCUT2D eigenvalue weighted by molar-refractivity contribution is 5.87. The largest absolute Gasteiger partial charge is 0.496 e. The third kappa shape index (κ3) is 4.41. The quantitative estimate of drug-likeness (QED) is 0.474. The molecule has 1 N–H and O–H groups in total. The Kier molecular flexibility index (Phi) is 6.07. The second-order valence-electron chi connectivity index (χ2n) is 8.30. The summed E-state index contributed by atoms with van der Waals surface area (Å²) in [6.07, 6.45) is 5.04. The maximum absolute atomic E-state index is 13.3. The molecule has 1 fully saturated rings. The van der Waals surface area contributed by atoms with E-state index in [9.17, 15) is 9.18 Å². The molecule has 174 valence electrons. The van der Waals surface area contributed by atoms with Crippen molar-refractivity contribution in [1.82, 2.24) is 25.1 Å². The Morgan fingerprint density at radius 1 is 1.18 bits per heavy atom. The van der Waals surface area contributed by atoms with Crippen LogP contribution in [0.25, 0.3) is 16.7 Å². The number of anilines is 1. The standard InChI is InChI=1S/C25H25FN6O2/c1-34-22-7-3-2-5-17(22)13-27-25(33)18-6-4-12-31(14-18)24-21-15-32(30-23(21)28-16-29-24)20-10-8-19(26)9-11-20/h2-3,5,7-11,15-16,18H,4,6,12-14H2,1H3,(H,27,33)/t18-/m0/s1. The first-order chi connectivity index (χ1) is 16.6. The molecule has 2 aromatic carbocycles. The fraction of sp³-hybridized carbons (Fsp3) is 0.280. The predicted molar refractivity (Wildman–Crippen MR) is 126 cm³/mol. The van der Waals surface area contributed by atoms with E-state index in [0.29, 0.717) is 18.7 Å². The molecule has 0 saturated carbocycles. The van der Waals surface area contributed by atoms with Gasteiger partial charge in [0, 0.05) is 31.4 Å². The molecule has 0 spiro atoms. The topological polar surface area (TPSA) is 85.2 Å². The number of aromatic nitrogens is 4. The van der Waals surface area contributed by atoms with Crippen LogP contribution in [0.15, 0.2) is 61.1 Å². The Balaban J connectivity index is 1.32. The number of halogens is 1. The zero-order chi connectivity index (χ0) is 23.5. The molecule has 1 amide bonds. The van der Waals surface area contributed by atoms with Gasteiger partial charge in [0.05, 0.1) is 24.1 Å². The monoisotopic (exact) mass is 460 g/mol. The highest BCUT2D eigenvalue weighted by atomic mass is 19.1. The van der Waals surface area contributed by atoms with E-state index in [0.717, 1.165) is 47.6 Å². The van der Waals surface area contributed by atoms with E-state index in [2.05, 4.69) is 25.3 Å². The number of methoxy groups -OCH3 is 1. The van der Waals surface area contributed by atoms with E-state index in [1.807, 2.05) is 30.5 Å². The highest BCUT2D eigenvalue weighted by Crippen LogP contribution is 2.28. The lowest BCUT2D eigenvalue weighted by Crippen LogP contribution is -2.43. The van der Waals surface area contributed by atoms with Gasteiger partial charge < -0.3 is 15.0 Å². The summed E-state index contributed by atoms with van der Waals surface area (Å²) < 4.78 is 20.4. The zero-order valence-electron chi connectivity index (χ0n) is 18.8. The van der Waals surface area contributed by atoms with Crippen molar-refractivity contribution in [3.8, 4) is 11.4 Å². The number of ether oxygens (including phenoxy) is 1. The molecule has 4 aromatic rings. The highest BCUT2D eigenvalue weighted by Gasteiger charge is 2.28. The smallest absolute Gasteiger partial charge is 0.225 e. The van der Waals surface area contributed by atoms with Crippen molar-refractivity contribution in [1.29, 1.82) is 0 Å². The van der Waals surface area contributed by atoms with E-state index in [1.165, 1.54) is 18.5 Å². The Labute approximate surface area is 196 Å². The van der Waals surface area contributed by atoms with E-state index < -0.39 is 0 Å². The molecule has 0 unspecified atom stereocenters. The average Bonchev–Trinajstić information content (AvgIpc) is 3.32. The summed E-state index contributed by atoms with van der Waals surface area (Å²) in [5, 5.41) is 8.38. The van der Waals surface area contributed by atoms with Gasteiger partial charge in [-0.05, 0) is 43.2 Å². The van der Waals surface area contributed by atoms with Gasteiger partial charge in [0.1, 0.15) is 23.7 Å². The second-order valence-corrected chi connectivity index (χ2v) is 8.30. The van der Waals surface area contributed by atoms with Crippen molar-refractivity contribution >= 4 is 22.8 Å². The predicted octanol–water partition coefficient (Wildman–Crippen LogP) is 3.50. The fourth-order valence-electron chi connectivity index (χ4n) is 4.36.